The van der Waals surface area contributed by atoms with Crippen molar-refractivity contribution in [1.82, 2.24) is 35.5 Å². The Bertz CT molecular complexity index is 2600. The van der Waals surface area contributed by atoms with Crippen molar-refractivity contribution in [3.8, 4) is 5.69 Å². The normalized spacial score (nSPS) is 13.9. The van der Waals surface area contributed by atoms with Gasteiger partial charge < -0.3 is 55.7 Å². The molecule has 4 aromatic rings. The van der Waals surface area contributed by atoms with Gasteiger partial charge in [-0.25, -0.2) is 14.3 Å². The summed E-state index contributed by atoms with van der Waals surface area (Å²) < 4.78 is 23.4. The number of carbonyl (C=O) groups is 8. The molecule has 1 fully saturated rings. The minimum Gasteiger partial charge on any atom is -0.445 e. The van der Waals surface area contributed by atoms with Crippen molar-refractivity contribution >= 4 is 76.2 Å². The molecule has 9 amide bonds. The summed E-state index contributed by atoms with van der Waals surface area (Å²) in [6.07, 6.45) is 6.46. The van der Waals surface area contributed by atoms with Crippen molar-refractivity contribution < 1.29 is 57.3 Å². The van der Waals surface area contributed by atoms with Crippen LogP contribution in [0.15, 0.2) is 97.3 Å². The number of hydrogen-bond acceptors (Lipinski definition) is 13. The second-order valence-corrected chi connectivity index (χ2v) is 17.9. The van der Waals surface area contributed by atoms with Crippen LogP contribution in [0.25, 0.3) is 5.69 Å². The minimum absolute atomic E-state index is 0.00724. The number of halogens is 1. The average Bonchev–Trinajstić information content (AvgIpc) is 4.00. The number of hydrogen-bond donors (Lipinski definition) is 6. The summed E-state index contributed by atoms with van der Waals surface area (Å²) in [7, 11) is 0. The molecule has 1 aromatic heterocycles. The van der Waals surface area contributed by atoms with Crippen LogP contribution in [0.1, 0.15) is 49.0 Å². The van der Waals surface area contributed by atoms with Crippen molar-refractivity contribution in [2.45, 2.75) is 45.8 Å². The predicted octanol–water partition coefficient (Wildman–Crippen LogP) is 4.51. The van der Waals surface area contributed by atoms with E-state index in [1.165, 1.54) is 18.3 Å². The van der Waals surface area contributed by atoms with Gasteiger partial charge in [0.25, 0.3) is 17.7 Å². The maximum atomic E-state index is 13.1. The molecule has 1 unspecified atom stereocenters. The van der Waals surface area contributed by atoms with E-state index in [-0.39, 0.29) is 95.3 Å². The summed E-state index contributed by atoms with van der Waals surface area (Å²) in [5.41, 5.74) is 3.14. The highest BCUT2D eigenvalue weighted by atomic mass is 35.5. The van der Waals surface area contributed by atoms with Crippen molar-refractivity contribution in [2.24, 2.45) is 11.8 Å². The van der Waals surface area contributed by atoms with Gasteiger partial charge in [-0.1, -0.05) is 55.8 Å². The molecule has 74 heavy (non-hydrogen) atoms. The highest BCUT2D eigenvalue weighted by Crippen LogP contribution is 2.22. The molecule has 0 radical (unpaired) electrons. The average molecular weight is 1040 g/mol. The third-order valence-electron chi connectivity index (χ3n) is 11.6. The van der Waals surface area contributed by atoms with E-state index in [1.54, 1.807) is 102 Å². The largest absolute Gasteiger partial charge is 0.445 e. The highest BCUT2D eigenvalue weighted by Gasteiger charge is 2.26. The maximum absolute atomic E-state index is 13.1. The number of imide groups is 1. The van der Waals surface area contributed by atoms with Gasteiger partial charge in [0.2, 0.25) is 17.7 Å². The van der Waals surface area contributed by atoms with Crippen molar-refractivity contribution in [3.05, 3.63) is 113 Å². The molecule has 0 spiro atoms. The first-order valence-electron chi connectivity index (χ1n) is 24.1. The van der Waals surface area contributed by atoms with E-state index in [1.807, 2.05) is 0 Å². The number of ether oxygens (including phenoxy) is 4. The van der Waals surface area contributed by atoms with E-state index in [0.717, 1.165) is 4.90 Å². The van der Waals surface area contributed by atoms with Crippen LogP contribution in [0.2, 0.25) is 5.02 Å². The monoisotopic (exact) mass is 1040 g/mol. The number of para-hydroxylation sites is 1. The van der Waals surface area contributed by atoms with E-state index < -0.39 is 35.9 Å². The zero-order valence-electron chi connectivity index (χ0n) is 41.1. The Kier molecular flexibility index (Phi) is 21.5. The quantitative estimate of drug-likeness (QED) is 0.0374. The molecule has 0 aliphatic carbocycles. The van der Waals surface area contributed by atoms with E-state index in [4.69, 9.17) is 30.5 Å². The number of rotatable bonds is 26. The van der Waals surface area contributed by atoms with E-state index in [0.29, 0.717) is 71.4 Å². The van der Waals surface area contributed by atoms with Gasteiger partial charge in [-0.15, -0.1) is 0 Å². The van der Waals surface area contributed by atoms with Gasteiger partial charge in [-0.3, -0.25) is 33.7 Å². The molecule has 23 heteroatoms. The van der Waals surface area contributed by atoms with Crippen LogP contribution < -0.4 is 31.9 Å². The van der Waals surface area contributed by atoms with Gasteiger partial charge in [0, 0.05) is 49.5 Å². The molecule has 1 atom stereocenters. The van der Waals surface area contributed by atoms with Crippen LogP contribution in [0.3, 0.4) is 0 Å². The third-order valence-corrected chi connectivity index (χ3v) is 12.0. The Morgan fingerprint density at radius 2 is 1.45 bits per heavy atom. The maximum Gasteiger partial charge on any atom is 0.410 e. The summed E-state index contributed by atoms with van der Waals surface area (Å²) >= 11 is 6.13. The van der Waals surface area contributed by atoms with Crippen molar-refractivity contribution in [2.75, 3.05) is 88.3 Å². The number of likely N-dealkylation sites (tertiary alicyclic amines) is 1. The third kappa shape index (κ3) is 17.8. The summed E-state index contributed by atoms with van der Waals surface area (Å²) in [4.78, 5) is 103. The Balaban J connectivity index is 0.798. The van der Waals surface area contributed by atoms with Gasteiger partial charge >= 0.3 is 12.1 Å². The number of urea groups is 1. The zero-order valence-corrected chi connectivity index (χ0v) is 41.9. The molecule has 2 aliphatic rings. The number of piperidine rings is 1. The lowest BCUT2D eigenvalue weighted by atomic mass is 9.97. The SMILES string of the molecule is CC(C)C(NC(=O)CCOCCOCCOCCN1C(=O)C=CC1=O)C(=O)NCC(=O)Nc1ccc(COC(=O)N2CCC(CNC(=O)c3cccc(-n4cc(NC(=O)Nc5ccccc5Cl)cn4)c3)CC2)cc1. The lowest BCUT2D eigenvalue weighted by Gasteiger charge is -2.31. The zero-order chi connectivity index (χ0) is 52.8. The molecule has 3 heterocycles. The van der Waals surface area contributed by atoms with Gasteiger partial charge in [-0.05, 0) is 72.7 Å². The van der Waals surface area contributed by atoms with Crippen LogP contribution in [0.4, 0.5) is 26.7 Å². The second kappa shape index (κ2) is 28.5. The van der Waals surface area contributed by atoms with Crippen LogP contribution in [0.5, 0.6) is 0 Å². The molecule has 1 saturated heterocycles. The molecule has 22 nitrogen and oxygen atoms in total. The first-order valence-corrected chi connectivity index (χ1v) is 24.5. The smallest absolute Gasteiger partial charge is 0.410 e. The lowest BCUT2D eigenvalue weighted by molar-refractivity contribution is -0.137. The molecule has 2 aliphatic heterocycles. The summed E-state index contributed by atoms with van der Waals surface area (Å²) in [5, 5.41) is 21.1. The molecule has 6 rings (SSSR count). The Morgan fingerprint density at radius 3 is 2.15 bits per heavy atom. The van der Waals surface area contributed by atoms with E-state index in [9.17, 15) is 38.4 Å². The number of nitrogens with one attached hydrogen (secondary N) is 6. The molecular formula is C51H61ClN10O12. The van der Waals surface area contributed by atoms with Crippen LogP contribution in [-0.2, 0) is 49.5 Å². The topological polar surface area (TPSA) is 270 Å². The summed E-state index contributed by atoms with van der Waals surface area (Å²) in [6.45, 7) is 6.11. The van der Waals surface area contributed by atoms with Crippen LogP contribution in [0, 0.1) is 11.8 Å². The predicted molar refractivity (Wildman–Crippen MR) is 272 cm³/mol. The number of nitrogens with zero attached hydrogens (tertiary/aromatic N) is 4. The standard InChI is InChI=1S/C51H61ClN10O12/c1-34(2)47(59-43(63)18-22-71-24-26-73-27-25-72-23-21-61-45(65)14-15-46(61)66)49(68)54-31-44(64)56-38-12-10-36(11-13-38)33-74-51(70)60-19-16-35(17-20-60)29-53-48(67)37-6-5-7-40(28-37)62-32-39(30-55-62)57-50(69)58-42-9-4-3-8-41(42)52/h3-15,28,30,32,34-35,47H,16-27,29,31,33H2,1-2H3,(H,53,67)(H,54,68)(H,56,64)(H,59,63)(H2,57,58,69). The van der Waals surface area contributed by atoms with Crippen molar-refractivity contribution in [1.29, 1.82) is 0 Å². The van der Waals surface area contributed by atoms with Gasteiger partial charge in [0.1, 0.15) is 12.6 Å². The fraction of sp³-hybridized carbons (Fsp3) is 0.392. The van der Waals surface area contributed by atoms with Gasteiger partial charge in [0.05, 0.1) is 87.2 Å². The van der Waals surface area contributed by atoms with Gasteiger partial charge in [0.15, 0.2) is 0 Å². The fourth-order valence-corrected chi connectivity index (χ4v) is 7.71. The summed E-state index contributed by atoms with van der Waals surface area (Å²) in [5.74, 6) is -2.47. The molecule has 0 bridgehead atoms. The molecular weight excluding hydrogens is 980 g/mol. The number of amides is 9. The molecule has 0 saturated carbocycles. The Labute approximate surface area is 432 Å². The van der Waals surface area contributed by atoms with Crippen LogP contribution >= 0.6 is 11.6 Å². The first kappa shape index (κ1) is 55.7. The number of carbonyl (C=O) groups excluding carboxylic acids is 8. The number of anilines is 3. The molecule has 3 aromatic carbocycles. The number of aromatic nitrogens is 2. The second-order valence-electron chi connectivity index (χ2n) is 17.5. The van der Waals surface area contributed by atoms with Crippen molar-refractivity contribution in [3.63, 3.8) is 0 Å². The van der Waals surface area contributed by atoms with E-state index >= 15 is 0 Å². The van der Waals surface area contributed by atoms with Gasteiger partial charge in [-0.2, -0.15) is 5.10 Å². The Morgan fingerprint density at radius 1 is 0.757 bits per heavy atom. The van der Waals surface area contributed by atoms with E-state index in [2.05, 4.69) is 37.0 Å². The van der Waals surface area contributed by atoms with Crippen LogP contribution in [-0.4, -0.2) is 146 Å². The fourth-order valence-electron chi connectivity index (χ4n) is 7.52. The molecule has 6 N–H and O–H groups in total. The molecule has 394 valence electrons. The Hall–Kier alpha value is -7.66. The first-order chi connectivity index (χ1) is 35.7. The minimum atomic E-state index is -0.881. The number of benzene rings is 3. The highest BCUT2D eigenvalue weighted by molar-refractivity contribution is 6.33. The summed E-state index contributed by atoms with van der Waals surface area (Å²) in [6, 6.07) is 19.2. The lowest BCUT2D eigenvalue weighted by Crippen LogP contribution is -2.51.